The Hall–Kier alpha value is -2.21. The zero-order valence-corrected chi connectivity index (χ0v) is 16.9. The van der Waals surface area contributed by atoms with E-state index < -0.39 is 11.0 Å². The average Bonchev–Trinajstić information content (AvgIpc) is 3.11. The van der Waals surface area contributed by atoms with Crippen LogP contribution in [-0.2, 0) is 16.7 Å². The van der Waals surface area contributed by atoms with Crippen LogP contribution >= 0.6 is 0 Å². The van der Waals surface area contributed by atoms with Crippen molar-refractivity contribution in [3.05, 3.63) is 54.1 Å². The molecule has 0 bridgehead atoms. The summed E-state index contributed by atoms with van der Waals surface area (Å²) < 4.78 is 20.5. The molecule has 0 aliphatic rings. The molecule has 5 nitrogen and oxygen atoms in total. The van der Waals surface area contributed by atoms with Gasteiger partial charge in [-0.05, 0) is 31.5 Å². The molecule has 3 rings (SSSR count). The SMILES string of the molecule is CCCCCCCOc1ccnc(CS(=O)n2cnc3ccccc32)c1C. The highest BCUT2D eigenvalue weighted by atomic mass is 32.2. The third kappa shape index (κ3) is 4.95. The summed E-state index contributed by atoms with van der Waals surface area (Å²) in [6, 6.07) is 9.59. The molecule has 1 unspecified atom stereocenters. The van der Waals surface area contributed by atoms with Gasteiger partial charge in [0, 0.05) is 11.8 Å². The highest BCUT2D eigenvalue weighted by Crippen LogP contribution is 2.22. The Balaban J connectivity index is 1.64. The van der Waals surface area contributed by atoms with E-state index >= 15 is 0 Å². The number of benzene rings is 1. The van der Waals surface area contributed by atoms with Gasteiger partial charge in [0.25, 0.3) is 0 Å². The van der Waals surface area contributed by atoms with Crippen molar-refractivity contribution in [1.29, 1.82) is 0 Å². The molecule has 0 saturated carbocycles. The van der Waals surface area contributed by atoms with Crippen molar-refractivity contribution in [3.8, 4) is 5.75 Å². The molecule has 27 heavy (non-hydrogen) atoms. The van der Waals surface area contributed by atoms with Gasteiger partial charge in [0.2, 0.25) is 0 Å². The average molecular weight is 386 g/mol. The lowest BCUT2D eigenvalue weighted by Gasteiger charge is -2.12. The highest BCUT2D eigenvalue weighted by Gasteiger charge is 2.13. The molecule has 0 saturated heterocycles. The molecular formula is C21H27N3O2S. The summed E-state index contributed by atoms with van der Waals surface area (Å²) in [6.07, 6.45) is 9.42. The van der Waals surface area contributed by atoms with E-state index in [1.54, 1.807) is 16.5 Å². The minimum absolute atomic E-state index is 0.333. The fourth-order valence-corrected chi connectivity index (χ4v) is 4.22. The summed E-state index contributed by atoms with van der Waals surface area (Å²) >= 11 is 0. The minimum Gasteiger partial charge on any atom is -0.493 e. The third-order valence-electron chi connectivity index (χ3n) is 4.66. The molecule has 1 aromatic carbocycles. The van der Waals surface area contributed by atoms with Crippen molar-refractivity contribution in [1.82, 2.24) is 13.9 Å². The van der Waals surface area contributed by atoms with Crippen LogP contribution in [0.2, 0.25) is 0 Å². The number of hydrogen-bond acceptors (Lipinski definition) is 4. The lowest BCUT2D eigenvalue weighted by molar-refractivity contribution is 0.302. The van der Waals surface area contributed by atoms with Crippen molar-refractivity contribution in [2.24, 2.45) is 0 Å². The Bertz CT molecular complexity index is 907. The molecule has 0 spiro atoms. The first-order valence-corrected chi connectivity index (χ1v) is 10.9. The molecule has 1 atom stereocenters. The van der Waals surface area contributed by atoms with E-state index in [4.69, 9.17) is 4.74 Å². The van der Waals surface area contributed by atoms with Gasteiger partial charge in [0.15, 0.2) is 0 Å². The Morgan fingerprint density at radius 3 is 2.74 bits per heavy atom. The molecule has 0 fully saturated rings. The maximum atomic E-state index is 12.9. The predicted octanol–water partition coefficient (Wildman–Crippen LogP) is 4.80. The van der Waals surface area contributed by atoms with E-state index in [-0.39, 0.29) is 0 Å². The lowest BCUT2D eigenvalue weighted by atomic mass is 10.2. The first kappa shape index (κ1) is 19.5. The number of nitrogens with zero attached hydrogens (tertiary/aromatic N) is 3. The van der Waals surface area contributed by atoms with Gasteiger partial charge in [-0.1, -0.05) is 44.7 Å². The van der Waals surface area contributed by atoms with Crippen LogP contribution in [-0.4, -0.2) is 24.8 Å². The van der Waals surface area contributed by atoms with Crippen LogP contribution in [0.15, 0.2) is 42.9 Å². The quantitative estimate of drug-likeness (QED) is 0.470. The largest absolute Gasteiger partial charge is 0.493 e. The van der Waals surface area contributed by atoms with Crippen LogP contribution in [0.4, 0.5) is 0 Å². The molecular weight excluding hydrogens is 358 g/mol. The van der Waals surface area contributed by atoms with Gasteiger partial charge in [0.1, 0.15) is 23.1 Å². The maximum absolute atomic E-state index is 12.9. The lowest BCUT2D eigenvalue weighted by Crippen LogP contribution is -2.09. The smallest absolute Gasteiger partial charge is 0.131 e. The minimum atomic E-state index is -1.27. The normalized spacial score (nSPS) is 12.4. The molecule has 2 heterocycles. The van der Waals surface area contributed by atoms with Gasteiger partial charge in [-0.25, -0.2) is 13.2 Å². The van der Waals surface area contributed by atoms with Crippen LogP contribution in [0.1, 0.15) is 50.3 Å². The Morgan fingerprint density at radius 2 is 1.89 bits per heavy atom. The van der Waals surface area contributed by atoms with Crippen LogP contribution in [0.25, 0.3) is 11.0 Å². The molecule has 0 amide bonds. The van der Waals surface area contributed by atoms with Gasteiger partial charge in [-0.15, -0.1) is 0 Å². The van der Waals surface area contributed by atoms with Gasteiger partial charge >= 0.3 is 0 Å². The second-order valence-corrected chi connectivity index (χ2v) is 7.99. The van der Waals surface area contributed by atoms with Crippen molar-refractivity contribution in [3.63, 3.8) is 0 Å². The van der Waals surface area contributed by atoms with E-state index in [9.17, 15) is 4.21 Å². The molecule has 0 aliphatic heterocycles. The van der Waals surface area contributed by atoms with Gasteiger partial charge < -0.3 is 4.74 Å². The molecule has 0 radical (unpaired) electrons. The summed E-state index contributed by atoms with van der Waals surface area (Å²) in [7, 11) is -1.27. The number of para-hydroxylation sites is 2. The number of hydrogen-bond donors (Lipinski definition) is 0. The highest BCUT2D eigenvalue weighted by molar-refractivity contribution is 7.82. The second-order valence-electron chi connectivity index (χ2n) is 6.67. The van der Waals surface area contributed by atoms with Crippen LogP contribution in [0.5, 0.6) is 5.75 Å². The Labute approximate surface area is 163 Å². The van der Waals surface area contributed by atoms with E-state index in [0.29, 0.717) is 12.4 Å². The fourth-order valence-electron chi connectivity index (χ4n) is 3.03. The van der Waals surface area contributed by atoms with Crippen molar-refractivity contribution >= 4 is 22.0 Å². The standard InChI is InChI=1S/C21H27N3O2S/c1-3-4-5-6-9-14-26-21-12-13-22-19(17(21)2)15-27(25)24-16-23-18-10-7-8-11-20(18)24/h7-8,10-13,16H,3-6,9,14-15H2,1-2H3. The van der Waals surface area contributed by atoms with Crippen molar-refractivity contribution in [2.75, 3.05) is 6.61 Å². The van der Waals surface area contributed by atoms with Gasteiger partial charge in [0.05, 0.1) is 29.1 Å². The van der Waals surface area contributed by atoms with E-state index in [1.807, 2.05) is 37.3 Å². The maximum Gasteiger partial charge on any atom is 0.131 e. The predicted molar refractivity (Wildman–Crippen MR) is 110 cm³/mol. The molecule has 6 heteroatoms. The molecule has 0 N–H and O–H groups in total. The summed E-state index contributed by atoms with van der Waals surface area (Å²) in [5.74, 6) is 1.17. The second kappa shape index (κ2) is 9.65. The number of pyridine rings is 1. The number of fused-ring (bicyclic) bond motifs is 1. The summed E-state index contributed by atoms with van der Waals surface area (Å²) in [5.41, 5.74) is 3.47. The van der Waals surface area contributed by atoms with E-state index in [1.165, 1.54) is 25.7 Å². The Kier molecular flexibility index (Phi) is 6.98. The topological polar surface area (TPSA) is 57.0 Å². The number of ether oxygens (including phenoxy) is 1. The number of aromatic nitrogens is 3. The van der Waals surface area contributed by atoms with E-state index in [2.05, 4.69) is 16.9 Å². The Morgan fingerprint density at radius 1 is 1.07 bits per heavy atom. The van der Waals surface area contributed by atoms with E-state index in [0.717, 1.165) is 34.5 Å². The number of unbranched alkanes of at least 4 members (excludes halogenated alkanes) is 4. The van der Waals surface area contributed by atoms with Crippen molar-refractivity contribution < 1.29 is 8.95 Å². The van der Waals surface area contributed by atoms with Crippen LogP contribution in [0, 0.1) is 6.92 Å². The van der Waals surface area contributed by atoms with Crippen LogP contribution in [0.3, 0.4) is 0 Å². The van der Waals surface area contributed by atoms with Crippen LogP contribution < -0.4 is 4.74 Å². The van der Waals surface area contributed by atoms with Gasteiger partial charge in [-0.3, -0.25) is 4.98 Å². The molecule has 3 aromatic rings. The monoisotopic (exact) mass is 385 g/mol. The summed E-state index contributed by atoms with van der Waals surface area (Å²) in [4.78, 5) is 8.75. The summed E-state index contributed by atoms with van der Waals surface area (Å²) in [6.45, 7) is 4.91. The molecule has 0 aliphatic carbocycles. The molecule has 2 aromatic heterocycles. The first-order valence-electron chi connectivity index (χ1n) is 9.59. The zero-order chi connectivity index (χ0) is 19.1. The van der Waals surface area contributed by atoms with Gasteiger partial charge in [-0.2, -0.15) is 0 Å². The zero-order valence-electron chi connectivity index (χ0n) is 16.1. The number of rotatable bonds is 10. The third-order valence-corrected chi connectivity index (χ3v) is 5.91. The molecule has 144 valence electrons. The summed E-state index contributed by atoms with van der Waals surface area (Å²) in [5, 5.41) is 0. The fraction of sp³-hybridized carbons (Fsp3) is 0.429. The van der Waals surface area contributed by atoms with Crippen molar-refractivity contribution in [2.45, 2.75) is 51.7 Å². The first-order chi connectivity index (χ1) is 13.2. The number of imidazole rings is 1.